The van der Waals surface area contributed by atoms with Gasteiger partial charge in [-0.05, 0) is 25.1 Å². The number of hydrogen-bond donors (Lipinski definition) is 2. The van der Waals surface area contributed by atoms with Gasteiger partial charge in [0.15, 0.2) is 5.96 Å². The monoisotopic (exact) mass is 423 g/mol. The first-order valence-corrected chi connectivity index (χ1v) is 7.38. The van der Waals surface area contributed by atoms with E-state index in [4.69, 9.17) is 4.74 Å². The van der Waals surface area contributed by atoms with Gasteiger partial charge in [-0.25, -0.2) is 0 Å². The number of halogens is 1. The average molecular weight is 423 g/mol. The minimum atomic E-state index is 0. The van der Waals surface area contributed by atoms with Crippen LogP contribution in [-0.2, 0) is 18.3 Å². The highest BCUT2D eigenvalue weighted by Crippen LogP contribution is 1.98. The van der Waals surface area contributed by atoms with Crippen molar-refractivity contribution in [1.82, 2.24) is 20.1 Å². The SMILES string of the molecule is CN=C(NCCN(C)CCCOC)NCc1ccn(C)c1.I. The van der Waals surface area contributed by atoms with E-state index in [0.717, 1.165) is 45.2 Å². The van der Waals surface area contributed by atoms with Crippen LogP contribution >= 0.6 is 24.0 Å². The summed E-state index contributed by atoms with van der Waals surface area (Å²) in [6.45, 7) is 4.50. The van der Waals surface area contributed by atoms with E-state index in [0.29, 0.717) is 0 Å². The maximum Gasteiger partial charge on any atom is 0.191 e. The summed E-state index contributed by atoms with van der Waals surface area (Å²) in [4.78, 5) is 6.52. The second-order valence-corrected chi connectivity index (χ2v) is 5.19. The molecule has 0 aliphatic heterocycles. The fraction of sp³-hybridized carbons (Fsp3) is 0.667. The zero-order valence-electron chi connectivity index (χ0n) is 14.1. The molecule has 0 aliphatic rings. The van der Waals surface area contributed by atoms with Gasteiger partial charge < -0.3 is 24.8 Å². The van der Waals surface area contributed by atoms with Crippen LogP contribution in [0.2, 0.25) is 0 Å². The van der Waals surface area contributed by atoms with Gasteiger partial charge >= 0.3 is 0 Å². The summed E-state index contributed by atoms with van der Waals surface area (Å²) in [6.07, 6.45) is 5.21. The van der Waals surface area contributed by atoms with Crippen LogP contribution in [0, 0.1) is 0 Å². The number of likely N-dealkylation sites (N-methyl/N-ethyl adjacent to an activating group) is 1. The Hall–Kier alpha value is -0.800. The van der Waals surface area contributed by atoms with Crippen LogP contribution in [0.3, 0.4) is 0 Å². The van der Waals surface area contributed by atoms with E-state index in [2.05, 4.69) is 39.8 Å². The van der Waals surface area contributed by atoms with Crippen molar-refractivity contribution in [2.75, 3.05) is 47.4 Å². The highest BCUT2D eigenvalue weighted by atomic mass is 127. The van der Waals surface area contributed by atoms with Crippen molar-refractivity contribution < 1.29 is 4.74 Å². The molecule has 0 aromatic carbocycles. The maximum atomic E-state index is 5.05. The van der Waals surface area contributed by atoms with Crippen molar-refractivity contribution in [3.05, 3.63) is 24.0 Å². The number of hydrogen-bond acceptors (Lipinski definition) is 3. The molecule has 0 aliphatic carbocycles. The lowest BCUT2D eigenvalue weighted by molar-refractivity contribution is 0.180. The molecule has 0 saturated heterocycles. The summed E-state index contributed by atoms with van der Waals surface area (Å²) in [6, 6.07) is 2.10. The van der Waals surface area contributed by atoms with Crippen LogP contribution in [0.5, 0.6) is 0 Å². The number of ether oxygens (including phenoxy) is 1. The van der Waals surface area contributed by atoms with E-state index in [1.807, 2.05) is 17.8 Å². The predicted octanol–water partition coefficient (Wildman–Crippen LogP) is 1.28. The highest BCUT2D eigenvalue weighted by Gasteiger charge is 2.01. The molecule has 0 unspecified atom stereocenters. The van der Waals surface area contributed by atoms with E-state index in [1.165, 1.54) is 5.56 Å². The smallest absolute Gasteiger partial charge is 0.191 e. The molecule has 0 bridgehead atoms. The average Bonchev–Trinajstić information content (AvgIpc) is 2.88. The lowest BCUT2D eigenvalue weighted by Gasteiger charge is -2.18. The van der Waals surface area contributed by atoms with Crippen molar-refractivity contribution in [2.45, 2.75) is 13.0 Å². The van der Waals surface area contributed by atoms with E-state index < -0.39 is 0 Å². The second-order valence-electron chi connectivity index (χ2n) is 5.19. The molecule has 6 nitrogen and oxygen atoms in total. The summed E-state index contributed by atoms with van der Waals surface area (Å²) >= 11 is 0. The number of methoxy groups -OCH3 is 1. The Bertz CT molecular complexity index is 422. The number of aliphatic imine (C=N–C) groups is 1. The molecule has 0 saturated carbocycles. The fourth-order valence-electron chi connectivity index (χ4n) is 2.03. The van der Waals surface area contributed by atoms with Crippen LogP contribution in [0.25, 0.3) is 0 Å². The van der Waals surface area contributed by atoms with Gasteiger partial charge in [-0.15, -0.1) is 24.0 Å². The number of aryl methyl sites for hydroxylation is 1. The van der Waals surface area contributed by atoms with Gasteiger partial charge in [0.1, 0.15) is 0 Å². The minimum Gasteiger partial charge on any atom is -0.385 e. The van der Waals surface area contributed by atoms with Crippen molar-refractivity contribution in [2.24, 2.45) is 12.0 Å². The first-order valence-electron chi connectivity index (χ1n) is 7.38. The molecule has 2 N–H and O–H groups in total. The van der Waals surface area contributed by atoms with Gasteiger partial charge in [0.05, 0.1) is 0 Å². The minimum absolute atomic E-state index is 0. The number of aromatic nitrogens is 1. The molecule has 1 aromatic heterocycles. The Labute approximate surface area is 151 Å². The Morgan fingerprint density at radius 1 is 1.36 bits per heavy atom. The van der Waals surface area contributed by atoms with E-state index >= 15 is 0 Å². The largest absolute Gasteiger partial charge is 0.385 e. The molecular formula is C15H30IN5O. The summed E-state index contributed by atoms with van der Waals surface area (Å²) in [7, 11) is 7.68. The number of guanidine groups is 1. The molecule has 22 heavy (non-hydrogen) atoms. The highest BCUT2D eigenvalue weighted by molar-refractivity contribution is 14.0. The quantitative estimate of drug-likeness (QED) is 0.272. The van der Waals surface area contributed by atoms with Crippen molar-refractivity contribution in [3.63, 3.8) is 0 Å². The number of nitrogens with one attached hydrogen (secondary N) is 2. The summed E-state index contributed by atoms with van der Waals surface area (Å²) in [5, 5.41) is 6.64. The first kappa shape index (κ1) is 21.2. The molecule has 1 heterocycles. The molecule has 1 aromatic rings. The molecule has 0 radical (unpaired) electrons. The van der Waals surface area contributed by atoms with Crippen LogP contribution in [-0.4, -0.2) is 62.9 Å². The van der Waals surface area contributed by atoms with Crippen molar-refractivity contribution in [3.8, 4) is 0 Å². The van der Waals surface area contributed by atoms with Gasteiger partial charge in [0.25, 0.3) is 0 Å². The zero-order valence-corrected chi connectivity index (χ0v) is 16.5. The molecule has 7 heteroatoms. The summed E-state index contributed by atoms with van der Waals surface area (Å²) in [5.74, 6) is 0.837. The molecule has 0 fully saturated rings. The van der Waals surface area contributed by atoms with Gasteiger partial charge in [-0.3, -0.25) is 4.99 Å². The van der Waals surface area contributed by atoms with Crippen LogP contribution in [0.15, 0.2) is 23.5 Å². The fourth-order valence-corrected chi connectivity index (χ4v) is 2.03. The van der Waals surface area contributed by atoms with Crippen molar-refractivity contribution in [1.29, 1.82) is 0 Å². The Kier molecular flexibility index (Phi) is 12.3. The van der Waals surface area contributed by atoms with Gasteiger partial charge in [-0.2, -0.15) is 0 Å². The molecule has 0 amide bonds. The van der Waals surface area contributed by atoms with Crippen molar-refractivity contribution >= 4 is 29.9 Å². The Morgan fingerprint density at radius 3 is 2.73 bits per heavy atom. The molecule has 0 atom stereocenters. The van der Waals surface area contributed by atoms with Gasteiger partial charge in [0.2, 0.25) is 0 Å². The number of rotatable bonds is 9. The maximum absolute atomic E-state index is 5.05. The third-order valence-corrected chi connectivity index (χ3v) is 3.25. The van der Waals surface area contributed by atoms with E-state index in [9.17, 15) is 0 Å². The van der Waals surface area contributed by atoms with Gasteiger partial charge in [0, 0.05) is 66.4 Å². The normalized spacial score (nSPS) is 11.4. The summed E-state index contributed by atoms with van der Waals surface area (Å²) in [5.41, 5.74) is 1.25. The first-order chi connectivity index (χ1) is 10.2. The topological polar surface area (TPSA) is 53.8 Å². The Morgan fingerprint density at radius 2 is 2.14 bits per heavy atom. The third kappa shape index (κ3) is 9.26. The summed E-state index contributed by atoms with van der Waals surface area (Å²) < 4.78 is 7.10. The van der Waals surface area contributed by atoms with Crippen LogP contribution in [0.4, 0.5) is 0 Å². The standard InChI is InChI=1S/C15H29N5O.HI/c1-16-15(18-12-14-6-9-20(3)13-14)17-7-10-19(2)8-5-11-21-4;/h6,9,13H,5,7-8,10-12H2,1-4H3,(H2,16,17,18);1H. The lowest BCUT2D eigenvalue weighted by Crippen LogP contribution is -2.40. The van der Waals surface area contributed by atoms with E-state index in [1.54, 1.807) is 14.2 Å². The second kappa shape index (κ2) is 12.7. The zero-order chi connectivity index (χ0) is 15.5. The lowest BCUT2D eigenvalue weighted by atomic mass is 10.3. The molecule has 128 valence electrons. The van der Waals surface area contributed by atoms with Crippen LogP contribution in [0.1, 0.15) is 12.0 Å². The molecule has 1 rings (SSSR count). The predicted molar refractivity (Wildman–Crippen MR) is 103 cm³/mol. The van der Waals surface area contributed by atoms with E-state index in [-0.39, 0.29) is 24.0 Å². The molecule has 0 spiro atoms. The molecular weight excluding hydrogens is 393 g/mol. The Balaban J connectivity index is 0.00000441. The third-order valence-electron chi connectivity index (χ3n) is 3.25. The number of nitrogens with zero attached hydrogens (tertiary/aromatic N) is 3. The van der Waals surface area contributed by atoms with Crippen LogP contribution < -0.4 is 10.6 Å². The van der Waals surface area contributed by atoms with Gasteiger partial charge in [-0.1, -0.05) is 0 Å².